The molecule has 0 saturated heterocycles. The number of hydrogen-bond donors (Lipinski definition) is 8. The van der Waals surface area contributed by atoms with Crippen molar-refractivity contribution in [3.8, 4) is 11.5 Å². The number of nitrogens with two attached hydrogens (primary N) is 2. The zero-order valence-corrected chi connectivity index (χ0v) is 85.1. The Morgan fingerprint density at radius 2 is 0.905 bits per heavy atom. The lowest BCUT2D eigenvalue weighted by Crippen LogP contribution is -2.43. The lowest BCUT2D eigenvalue weighted by molar-refractivity contribution is -0.154. The van der Waals surface area contributed by atoms with Crippen LogP contribution in [-0.2, 0) is 111 Å². The molecule has 0 bridgehead atoms. The van der Waals surface area contributed by atoms with Crippen molar-refractivity contribution in [3.05, 3.63) is 356 Å². The molecule has 4 aromatic carbocycles. The Kier molecular flexibility index (Phi) is 45.0. The minimum Gasteiger partial charge on any atom is -0.497 e. The van der Waals surface area contributed by atoms with Gasteiger partial charge < -0.3 is 81.2 Å². The number of methoxy groups -OCH3 is 8. The molecule has 0 fully saturated rings. The van der Waals surface area contributed by atoms with Crippen LogP contribution in [0.15, 0.2) is 236 Å². The van der Waals surface area contributed by atoms with E-state index in [4.69, 9.17) is 50.1 Å². The van der Waals surface area contributed by atoms with Gasteiger partial charge in [0.05, 0.1) is 87.2 Å². The molecular formula is C107H124F2N22O16S. The number of hydrogen-bond acceptors (Lipinski definition) is 35. The minimum atomic E-state index is -0.685. The molecule has 778 valence electrons. The van der Waals surface area contributed by atoms with Gasteiger partial charge in [-0.25, -0.2) is 72.0 Å². The van der Waals surface area contributed by atoms with Crippen LogP contribution in [0.5, 0.6) is 11.5 Å². The Bertz CT molecular complexity index is 6940. The number of carbonyl (C=O) groups excluding carboxylic acids is 3. The molecule has 10 aromatic heterocycles. The third kappa shape index (κ3) is 33.5. The summed E-state index contributed by atoms with van der Waals surface area (Å²) in [7, 11) is 12.4. The number of aldehydes is 2. The number of thioether (sulfide) groups is 1. The number of pyridine rings is 8. The molecule has 148 heavy (non-hydrogen) atoms. The molecule has 4 aliphatic heterocycles. The Hall–Kier alpha value is -15.6. The van der Waals surface area contributed by atoms with Crippen molar-refractivity contribution in [2.45, 2.75) is 147 Å². The molecule has 1 aliphatic carbocycles. The molecule has 0 radical (unpaired) electrons. The molecule has 10 N–H and O–H groups in total. The summed E-state index contributed by atoms with van der Waals surface area (Å²) >= 11 is 1.23. The van der Waals surface area contributed by atoms with Gasteiger partial charge in [-0.15, -0.1) is 0 Å². The Balaban J connectivity index is 0.000000166. The van der Waals surface area contributed by atoms with E-state index < -0.39 is 35.3 Å². The fraction of sp³-hybridized carbons (Fsp3) is 0.327. The quantitative estimate of drug-likeness (QED) is 0.00592. The standard InChI is InChI=1S/C28H28FN5O3.C19H18FN3O3S.C11H16N2O2.C11H12N2O2.C9H11N3O.C9H13N3.C9H10N2O.C6H6N2O.C5H10O3/c1-37-24-14-8-20(9-15-24)17-33-26(30-16-23-13-10-21-4-2-3-5-25(21)31-23)32-27(35)34(28(33)36)18-19-6-11-22(29)12-7-19;1-26-16-9-5-14(6-10-16)12-23-18(27-2)21-17(24)22(19(23)25)11-13-3-7-15(20)8-4-13;2*1-14-11(15-2)9-6-5-8-4-3-7-12-10(8)13-9;13-11-6-8-4-3-7-2-1-5-10-9(7)12-8;10-6-8-4-3-7-2-1-5-11-9(7)12-8;12-6-8-4-3-7-2-1-5-10-9(7)11-8;7-6-5(4-9)2-1-3-8-6;1-4(6)5(7-2)8-3/h6-15H,2-5,16-18H2,1H3,(H,30,32,35);3-10H,11-12H2,1-2H3;5-6,11H,3-4,7H2,1-2H3,(H,12,13);3-7,11H,1-2H3;3-4,6,13H,1-2,5H2,(H,10,12);3-4H,1-2,5-6,10H2,(H,11,12);3-4,6H,1-2,5H2,(H,10,11);1-4H,(H2,7,8);5H,1-3H3/b;;;;11-6-;;;;. The maximum Gasteiger partial charge on any atom is 0.355 e. The fourth-order valence-electron chi connectivity index (χ4n) is 15.7. The molecule has 0 amide bonds. The Morgan fingerprint density at radius 3 is 1.39 bits per heavy atom. The first-order valence-electron chi connectivity index (χ1n) is 47.7. The van der Waals surface area contributed by atoms with Gasteiger partial charge in [-0.05, 0) is 256 Å². The summed E-state index contributed by atoms with van der Waals surface area (Å²) in [5.41, 5.74) is 24.6. The van der Waals surface area contributed by atoms with Gasteiger partial charge in [0.1, 0.15) is 57.9 Å². The zero-order chi connectivity index (χ0) is 106. The van der Waals surface area contributed by atoms with Gasteiger partial charge in [0.2, 0.25) is 24.8 Å². The Morgan fingerprint density at radius 1 is 0.466 bits per heavy atom. The smallest absolute Gasteiger partial charge is 0.355 e. The van der Waals surface area contributed by atoms with Gasteiger partial charge in [0, 0.05) is 98.9 Å². The number of nitrogens with zero attached hydrogens (tertiary/aromatic N) is 15. The maximum atomic E-state index is 13.5. The molecule has 38 nitrogen and oxygen atoms in total. The number of ether oxygens (including phenoxy) is 8. The highest BCUT2D eigenvalue weighted by atomic mass is 32.2. The van der Waals surface area contributed by atoms with Crippen molar-refractivity contribution >= 4 is 82.4 Å². The van der Waals surface area contributed by atoms with Gasteiger partial charge >= 0.3 is 22.8 Å². The van der Waals surface area contributed by atoms with Crippen molar-refractivity contribution in [2.24, 2.45) is 10.9 Å². The van der Waals surface area contributed by atoms with E-state index in [1.807, 2.05) is 97.1 Å². The Labute approximate surface area is 859 Å². The van der Waals surface area contributed by atoms with Crippen molar-refractivity contribution in [3.63, 3.8) is 0 Å². The molecule has 0 saturated carbocycles. The number of carbonyl (C=O) groups is 3. The second-order valence-electron chi connectivity index (χ2n) is 33.6. The molecule has 0 unspecified atom stereocenters. The molecule has 14 aromatic rings. The lowest BCUT2D eigenvalue weighted by atomic mass is 9.96. The fourth-order valence-corrected chi connectivity index (χ4v) is 16.3. The monoisotopic (exact) mass is 2040 g/mol. The average molecular weight is 2040 g/mol. The predicted octanol–water partition coefficient (Wildman–Crippen LogP) is 13.6. The minimum absolute atomic E-state index is 0.0137. The molecule has 5 aliphatic rings. The maximum absolute atomic E-state index is 13.5. The number of ketones is 1. The number of aromatic nitrogens is 14. The highest BCUT2D eigenvalue weighted by molar-refractivity contribution is 7.98. The summed E-state index contributed by atoms with van der Waals surface area (Å²) in [5.74, 6) is 4.79. The second-order valence-corrected chi connectivity index (χ2v) is 34.3. The number of fused-ring (bicyclic) bond motifs is 6. The van der Waals surface area contributed by atoms with E-state index in [0.29, 0.717) is 64.0 Å². The van der Waals surface area contributed by atoms with Crippen molar-refractivity contribution < 1.29 is 66.3 Å². The van der Waals surface area contributed by atoms with Crippen LogP contribution in [0.1, 0.15) is 163 Å². The molecule has 0 atom stereocenters. The summed E-state index contributed by atoms with van der Waals surface area (Å²) in [6.45, 7) is 6.71. The number of Topliss-reactive ketones (excluding diaryl/α,β-unsaturated/α-hetero) is 1. The van der Waals surface area contributed by atoms with Gasteiger partial charge in [0.25, 0.3) is 0 Å². The molecule has 0 spiro atoms. The third-order valence-corrected chi connectivity index (χ3v) is 24.1. The lowest BCUT2D eigenvalue weighted by Gasteiger charge is -2.19. The molecule has 14 heterocycles. The van der Waals surface area contributed by atoms with Crippen molar-refractivity contribution in [1.82, 2.24) is 68.1 Å². The van der Waals surface area contributed by atoms with E-state index in [2.05, 4.69) is 104 Å². The predicted molar refractivity (Wildman–Crippen MR) is 563 cm³/mol. The van der Waals surface area contributed by atoms with Gasteiger partial charge in [-0.1, -0.05) is 95.8 Å². The first kappa shape index (κ1) is 113. The summed E-state index contributed by atoms with van der Waals surface area (Å²) < 4.78 is 71.6. The second kappa shape index (κ2) is 59.1. The number of rotatable bonds is 27. The summed E-state index contributed by atoms with van der Waals surface area (Å²) in [4.78, 5) is 125. The van der Waals surface area contributed by atoms with E-state index >= 15 is 0 Å². The number of anilines is 6. The topological polar surface area (TPSA) is 487 Å². The molecular weight excluding hydrogens is 1920 g/mol. The van der Waals surface area contributed by atoms with E-state index in [0.717, 1.165) is 173 Å². The summed E-state index contributed by atoms with van der Waals surface area (Å²) in [5, 5.41) is 28.7. The highest BCUT2D eigenvalue weighted by Crippen LogP contribution is 2.28. The van der Waals surface area contributed by atoms with Crippen LogP contribution in [0.25, 0.3) is 11.0 Å². The van der Waals surface area contributed by atoms with E-state index in [9.17, 15) is 42.3 Å². The number of halogens is 2. The summed E-state index contributed by atoms with van der Waals surface area (Å²) in [6.07, 6.45) is 19.7. The number of aryl methyl sites for hydroxylation is 6. The van der Waals surface area contributed by atoms with Crippen LogP contribution in [0, 0.1) is 11.6 Å². The summed E-state index contributed by atoms with van der Waals surface area (Å²) in [6, 6.07) is 56.8. The molecule has 41 heteroatoms. The number of nitrogens with one attached hydrogen (secondary N) is 5. The first-order valence-corrected chi connectivity index (χ1v) is 48.9. The van der Waals surface area contributed by atoms with E-state index in [-0.39, 0.29) is 61.7 Å². The van der Waals surface area contributed by atoms with E-state index in [1.54, 1.807) is 104 Å². The van der Waals surface area contributed by atoms with Crippen LogP contribution in [0.4, 0.5) is 43.8 Å². The van der Waals surface area contributed by atoms with Gasteiger partial charge in [-0.3, -0.25) is 28.5 Å². The third-order valence-electron chi connectivity index (χ3n) is 23.4. The van der Waals surface area contributed by atoms with Crippen LogP contribution in [0.3, 0.4) is 0 Å². The normalized spacial score (nSPS) is 12.6. The number of benzene rings is 4. The van der Waals surface area contributed by atoms with Crippen LogP contribution >= 0.6 is 11.8 Å². The zero-order valence-electron chi connectivity index (χ0n) is 84.2. The van der Waals surface area contributed by atoms with Crippen molar-refractivity contribution in [1.29, 1.82) is 0 Å². The van der Waals surface area contributed by atoms with Gasteiger partial charge in [-0.2, -0.15) is 9.97 Å². The largest absolute Gasteiger partial charge is 0.497 e. The van der Waals surface area contributed by atoms with E-state index in [1.165, 1.54) is 132 Å². The van der Waals surface area contributed by atoms with Crippen LogP contribution in [0.2, 0.25) is 0 Å². The SMILES string of the molecule is COC(OC)C(C)=O.COC(OC)c1ccc2c(n1)NCCC2.COC(OC)c1ccc2cccnc2n1.COc1ccc(Cn2c(NCc3ccc4c(n3)CCCC4)nc(=O)n(Cc3ccc(F)cc3)c2=O)cc1.COc1ccc(Cn2c(SC)nc(=O)n(Cc3ccc(F)cc3)c2=O)cc1.NCc1ccc2c(n1)NCCC2.Nc1ncccc1C=O.O/N=C\c1ccc2c(n1)NCCC2.O=Cc1ccc2c(n1)NCCC2. The van der Waals surface area contributed by atoms with Crippen molar-refractivity contribution in [2.75, 3.05) is 122 Å². The number of oxime groups is 1. The van der Waals surface area contributed by atoms with Crippen LogP contribution < -0.4 is 70.3 Å². The molecule has 19 rings (SSSR count). The van der Waals surface area contributed by atoms with Gasteiger partial charge in [0.15, 0.2) is 29.2 Å². The first-order chi connectivity index (χ1) is 72.0. The average Bonchev–Trinajstić information content (AvgIpc) is 0.794. The van der Waals surface area contributed by atoms with Crippen LogP contribution in [-0.4, -0.2) is 193 Å². The number of nitrogen functional groups attached to an aromatic ring is 1. The highest BCUT2D eigenvalue weighted by Gasteiger charge is 2.22.